The van der Waals surface area contributed by atoms with Gasteiger partial charge >= 0.3 is 36.1 Å². The van der Waals surface area contributed by atoms with E-state index in [9.17, 15) is 63.5 Å². The average Bonchev–Trinajstić information content (AvgIpc) is 2.84. The molecule has 238 valence electrons. The lowest BCUT2D eigenvalue weighted by atomic mass is 10.0. The van der Waals surface area contributed by atoms with Gasteiger partial charge in [0.1, 0.15) is 5.75 Å². The molecule has 0 heterocycles. The largest absolute Gasteiger partial charge is 0.471 e. The van der Waals surface area contributed by atoms with Crippen LogP contribution in [0.15, 0.2) is 18.2 Å². The normalized spacial score (nSPS) is 12.8. The number of halogens is 9. The first-order chi connectivity index (χ1) is 19.1. The minimum Gasteiger partial charge on any atom is -0.469 e. The van der Waals surface area contributed by atoms with Gasteiger partial charge in [0, 0.05) is 25.1 Å². The lowest BCUT2D eigenvalue weighted by molar-refractivity contribution is -0.175. The van der Waals surface area contributed by atoms with Crippen LogP contribution < -0.4 is 15.4 Å². The van der Waals surface area contributed by atoms with Crippen molar-refractivity contribution < 1.29 is 77.7 Å². The van der Waals surface area contributed by atoms with Crippen LogP contribution in [0.2, 0.25) is 0 Å². The van der Waals surface area contributed by atoms with Crippen LogP contribution in [-0.2, 0) is 28.7 Å². The number of alkyl halides is 9. The third kappa shape index (κ3) is 14.0. The summed E-state index contributed by atoms with van der Waals surface area (Å²) < 4.78 is 125. The molecule has 0 aliphatic heterocycles. The molecular formula is C23H25F9N2O8. The molecular weight excluding hydrogens is 603 g/mol. The molecule has 2 amide bonds. The fourth-order valence-corrected chi connectivity index (χ4v) is 2.53. The van der Waals surface area contributed by atoms with Gasteiger partial charge in [-0.3, -0.25) is 24.0 Å². The number of ether oxygens (including phenoxy) is 3. The molecule has 0 aromatic heterocycles. The van der Waals surface area contributed by atoms with E-state index in [-0.39, 0.29) is 0 Å². The Balaban J connectivity index is 0.00000143. The Morgan fingerprint density at radius 3 is 1.83 bits per heavy atom. The second-order valence-electron chi connectivity index (χ2n) is 8.17. The lowest BCUT2D eigenvalue weighted by Crippen LogP contribution is -2.40. The van der Waals surface area contributed by atoms with Crippen LogP contribution in [0.3, 0.4) is 0 Å². The summed E-state index contributed by atoms with van der Waals surface area (Å²) >= 11 is 0. The zero-order valence-electron chi connectivity index (χ0n) is 22.1. The first-order valence-corrected chi connectivity index (χ1v) is 11.4. The van der Waals surface area contributed by atoms with E-state index in [2.05, 4.69) is 14.2 Å². The highest BCUT2D eigenvalue weighted by Gasteiger charge is 2.40. The number of ketones is 1. The van der Waals surface area contributed by atoms with Crippen molar-refractivity contribution in [2.45, 2.75) is 70.9 Å². The summed E-state index contributed by atoms with van der Waals surface area (Å²) in [5, 5.41) is 3.17. The Labute approximate surface area is 231 Å². The molecule has 0 saturated carbocycles. The summed E-state index contributed by atoms with van der Waals surface area (Å²) in [4.78, 5) is 55.6. The second-order valence-corrected chi connectivity index (χ2v) is 8.17. The molecule has 1 rings (SSSR count). The number of hydrogen-bond donors (Lipinski definition) is 2. The van der Waals surface area contributed by atoms with Gasteiger partial charge in [-0.15, -0.1) is 0 Å². The molecule has 0 saturated heterocycles. The van der Waals surface area contributed by atoms with E-state index in [4.69, 9.17) is 0 Å². The van der Waals surface area contributed by atoms with E-state index in [1.807, 2.05) is 0 Å². The quantitative estimate of drug-likeness (QED) is 0.211. The zero-order valence-corrected chi connectivity index (χ0v) is 22.1. The van der Waals surface area contributed by atoms with Gasteiger partial charge in [0.15, 0.2) is 5.78 Å². The minimum absolute atomic E-state index is 0.472. The van der Waals surface area contributed by atoms with Gasteiger partial charge in [0.25, 0.3) is 12.8 Å². The highest BCUT2D eigenvalue weighted by atomic mass is 19.4. The molecule has 0 aliphatic carbocycles. The van der Waals surface area contributed by atoms with E-state index in [0.717, 1.165) is 26.2 Å². The number of hydrogen-bond acceptors (Lipinski definition) is 8. The van der Waals surface area contributed by atoms with Crippen molar-refractivity contribution in [3.05, 3.63) is 23.8 Å². The first-order valence-electron chi connectivity index (χ1n) is 11.4. The lowest BCUT2D eigenvalue weighted by Gasteiger charge is -2.22. The zero-order chi connectivity index (χ0) is 33.0. The maximum absolute atomic E-state index is 14.3. The number of rotatable bonds is 11. The van der Waals surface area contributed by atoms with Gasteiger partial charge in [-0.1, -0.05) is 0 Å². The minimum atomic E-state index is -5.26. The van der Waals surface area contributed by atoms with Crippen molar-refractivity contribution in [1.82, 2.24) is 5.32 Å². The van der Waals surface area contributed by atoms with Crippen LogP contribution in [-0.4, -0.2) is 73.9 Å². The van der Waals surface area contributed by atoms with E-state index >= 15 is 0 Å². The Morgan fingerprint density at radius 2 is 1.43 bits per heavy atom. The van der Waals surface area contributed by atoms with Crippen LogP contribution in [0, 0.1) is 0 Å². The first kappa shape index (κ1) is 37.9. The maximum Gasteiger partial charge on any atom is 0.471 e. The van der Waals surface area contributed by atoms with Gasteiger partial charge in [0.05, 0.1) is 19.1 Å². The monoisotopic (exact) mass is 628 g/mol. The third-order valence-corrected chi connectivity index (χ3v) is 4.30. The molecule has 0 fully saturated rings. The molecule has 0 radical (unpaired) electrons. The number of esters is 2. The fourth-order valence-electron chi connectivity index (χ4n) is 2.53. The summed E-state index contributed by atoms with van der Waals surface area (Å²) in [6.07, 6.45) is -20.2. The topological polar surface area (TPSA) is 137 Å². The molecule has 0 bridgehead atoms. The molecule has 1 aromatic rings. The standard InChI is InChI=1S/C18H17F6NO7.C5H8F3NO/c1-8(26)31-14(15(19)20)16(21)32-12-5-3-9(25-17(29)18(22,23)24)7-10(12)11(27)4-6-13(28)30-2;1-3(2)9-4(10)5(6,7)8/h3,5,7,14-16H,4,6H2,1-2H3,(H,25,29);3H,1-2H3,(H,9,10). The van der Waals surface area contributed by atoms with E-state index in [0.29, 0.717) is 6.07 Å². The van der Waals surface area contributed by atoms with Gasteiger partial charge < -0.3 is 24.8 Å². The number of Topliss-reactive ketones (excluding diaryl/α,β-unsaturated/α-hetero) is 1. The fraction of sp³-hybridized carbons (Fsp3) is 0.522. The molecule has 2 N–H and O–H groups in total. The number of anilines is 1. The summed E-state index contributed by atoms with van der Waals surface area (Å²) in [7, 11) is 1.03. The Bertz CT molecular complexity index is 1110. The summed E-state index contributed by atoms with van der Waals surface area (Å²) in [6.45, 7) is 3.66. The average molecular weight is 628 g/mol. The van der Waals surface area contributed by atoms with Gasteiger partial charge in [-0.05, 0) is 32.0 Å². The Morgan fingerprint density at radius 1 is 0.881 bits per heavy atom. The second kappa shape index (κ2) is 16.4. The van der Waals surface area contributed by atoms with Crippen LogP contribution in [0.5, 0.6) is 5.75 Å². The molecule has 42 heavy (non-hydrogen) atoms. The molecule has 2 unspecified atom stereocenters. The van der Waals surface area contributed by atoms with Crippen LogP contribution >= 0.6 is 0 Å². The SMILES string of the molecule is CC(C)NC(=O)C(F)(F)F.COC(=O)CCC(=O)c1cc(NC(=O)C(F)(F)F)ccc1OC(F)C(OC(C)=O)C(F)F. The molecule has 1 aromatic carbocycles. The van der Waals surface area contributed by atoms with Crippen LogP contribution in [0.25, 0.3) is 0 Å². The number of carbonyl (C=O) groups excluding carboxylic acids is 5. The van der Waals surface area contributed by atoms with Gasteiger partial charge in [-0.25, -0.2) is 8.78 Å². The molecule has 2 atom stereocenters. The molecule has 19 heteroatoms. The maximum atomic E-state index is 14.3. The molecule has 10 nitrogen and oxygen atoms in total. The predicted octanol–water partition coefficient (Wildman–Crippen LogP) is 4.27. The number of amides is 2. The van der Waals surface area contributed by atoms with Crippen molar-refractivity contribution in [3.8, 4) is 5.75 Å². The van der Waals surface area contributed by atoms with E-state index in [1.54, 1.807) is 5.32 Å². The highest BCUT2D eigenvalue weighted by Crippen LogP contribution is 2.29. The number of benzene rings is 1. The smallest absolute Gasteiger partial charge is 0.469 e. The number of methoxy groups -OCH3 is 1. The van der Waals surface area contributed by atoms with Crippen molar-refractivity contribution in [2.24, 2.45) is 0 Å². The van der Waals surface area contributed by atoms with Gasteiger partial charge in [-0.2, -0.15) is 30.7 Å². The highest BCUT2D eigenvalue weighted by molar-refractivity contribution is 6.02. The summed E-state index contributed by atoms with van der Waals surface area (Å²) in [5.74, 6) is -8.02. The Kier molecular flexibility index (Phi) is 14.8. The van der Waals surface area contributed by atoms with Crippen molar-refractivity contribution >= 4 is 35.2 Å². The summed E-state index contributed by atoms with van der Waals surface area (Å²) in [5.41, 5.74) is -1.19. The number of carbonyl (C=O) groups is 5. The van der Waals surface area contributed by atoms with Crippen LogP contribution in [0.4, 0.5) is 45.2 Å². The van der Waals surface area contributed by atoms with Crippen molar-refractivity contribution in [1.29, 1.82) is 0 Å². The summed E-state index contributed by atoms with van der Waals surface area (Å²) in [6, 6.07) is 1.72. The third-order valence-electron chi connectivity index (χ3n) is 4.30. The number of nitrogens with one attached hydrogen (secondary N) is 2. The molecule has 0 aliphatic rings. The van der Waals surface area contributed by atoms with Gasteiger partial charge in [0.2, 0.25) is 6.10 Å². The van der Waals surface area contributed by atoms with Crippen molar-refractivity contribution in [2.75, 3.05) is 12.4 Å². The Hall–Kier alpha value is -4.06. The predicted molar refractivity (Wildman–Crippen MR) is 123 cm³/mol. The molecule has 0 spiro atoms. The van der Waals surface area contributed by atoms with Crippen LogP contribution in [0.1, 0.15) is 44.0 Å². The van der Waals surface area contributed by atoms with E-state index in [1.165, 1.54) is 19.2 Å². The van der Waals surface area contributed by atoms with Crippen molar-refractivity contribution in [3.63, 3.8) is 0 Å². The van der Waals surface area contributed by atoms with E-state index < -0.39 is 96.7 Å².